The molecule has 218 valence electrons. The monoisotopic (exact) mass is 577 g/mol. The van der Waals surface area contributed by atoms with Crippen molar-refractivity contribution in [1.82, 2.24) is 24.5 Å². The van der Waals surface area contributed by atoms with Gasteiger partial charge in [0.25, 0.3) is 0 Å². The molecule has 1 aliphatic heterocycles. The number of pyridine rings is 2. The topological polar surface area (TPSA) is 88.7 Å². The fourth-order valence-electron chi connectivity index (χ4n) is 6.17. The lowest BCUT2D eigenvalue weighted by molar-refractivity contribution is 0.502. The Hall–Kier alpha value is -4.63. The Balaban J connectivity index is 1.54. The number of piperidine rings is 1. The lowest BCUT2D eigenvalue weighted by atomic mass is 9.98. The minimum atomic E-state index is -0.633. The van der Waals surface area contributed by atoms with E-state index in [1.807, 2.05) is 31.3 Å². The quantitative estimate of drug-likeness (QED) is 0.229. The Morgan fingerprint density at radius 3 is 2.37 bits per heavy atom. The van der Waals surface area contributed by atoms with Crippen molar-refractivity contribution in [2.45, 2.75) is 45.7 Å². The molecule has 7 rings (SSSR count). The van der Waals surface area contributed by atoms with E-state index in [2.05, 4.69) is 46.6 Å². The van der Waals surface area contributed by atoms with Gasteiger partial charge in [0.1, 0.15) is 23.1 Å². The Morgan fingerprint density at radius 2 is 1.65 bits per heavy atom. The van der Waals surface area contributed by atoms with Crippen molar-refractivity contribution in [3.8, 4) is 22.5 Å². The van der Waals surface area contributed by atoms with Crippen molar-refractivity contribution in [3.05, 3.63) is 95.6 Å². The lowest BCUT2D eigenvalue weighted by Gasteiger charge is -2.34. The first-order chi connectivity index (χ1) is 20.7. The number of imidazole rings is 1. The van der Waals surface area contributed by atoms with E-state index in [1.165, 1.54) is 12.1 Å². The van der Waals surface area contributed by atoms with Gasteiger partial charge in [-0.25, -0.2) is 18.7 Å². The summed E-state index contributed by atoms with van der Waals surface area (Å²) < 4.78 is 31.2. The molecule has 1 atom stereocenters. The van der Waals surface area contributed by atoms with Gasteiger partial charge in [-0.15, -0.1) is 0 Å². The molecule has 6 aromatic rings. The molecule has 1 saturated heterocycles. The number of H-pyrrole nitrogens is 1. The largest absolute Gasteiger partial charge is 0.370 e. The molecule has 0 bridgehead atoms. The predicted molar refractivity (Wildman–Crippen MR) is 167 cm³/mol. The van der Waals surface area contributed by atoms with E-state index in [0.29, 0.717) is 30.0 Å². The highest BCUT2D eigenvalue weighted by atomic mass is 19.1. The maximum Gasteiger partial charge on any atom is 0.143 e. The first-order valence-corrected chi connectivity index (χ1v) is 14.6. The van der Waals surface area contributed by atoms with Crippen molar-refractivity contribution in [2.75, 3.05) is 18.0 Å². The maximum atomic E-state index is 14.6. The lowest BCUT2D eigenvalue weighted by Crippen LogP contribution is -2.40. The van der Waals surface area contributed by atoms with Crippen molar-refractivity contribution < 1.29 is 8.78 Å². The van der Waals surface area contributed by atoms with Crippen LogP contribution >= 0.6 is 0 Å². The zero-order valence-corrected chi connectivity index (χ0v) is 24.4. The van der Waals surface area contributed by atoms with E-state index in [1.54, 1.807) is 6.20 Å². The van der Waals surface area contributed by atoms with E-state index in [0.717, 1.165) is 69.0 Å². The summed E-state index contributed by atoms with van der Waals surface area (Å²) in [5.74, 6) is -0.565. The van der Waals surface area contributed by atoms with Crippen molar-refractivity contribution in [1.29, 1.82) is 0 Å². The molecule has 43 heavy (non-hydrogen) atoms. The van der Waals surface area contributed by atoms with Gasteiger partial charge in [0.15, 0.2) is 0 Å². The number of hydrogen-bond acceptors (Lipinski definition) is 5. The van der Waals surface area contributed by atoms with Crippen LogP contribution in [0.3, 0.4) is 0 Å². The summed E-state index contributed by atoms with van der Waals surface area (Å²) in [6.07, 6.45) is 7.29. The van der Waals surface area contributed by atoms with Crippen LogP contribution < -0.4 is 10.6 Å². The van der Waals surface area contributed by atoms with Gasteiger partial charge in [0.2, 0.25) is 0 Å². The zero-order valence-electron chi connectivity index (χ0n) is 24.4. The van der Waals surface area contributed by atoms with Gasteiger partial charge in [0.05, 0.1) is 33.8 Å². The molecule has 1 aliphatic rings. The molecular formula is C34H33F2N7. The van der Waals surface area contributed by atoms with Gasteiger partial charge in [-0.2, -0.15) is 0 Å². The average Bonchev–Trinajstić information content (AvgIpc) is 3.58. The summed E-state index contributed by atoms with van der Waals surface area (Å²) in [4.78, 5) is 20.5. The molecule has 7 nitrogen and oxygen atoms in total. The van der Waals surface area contributed by atoms with Crippen molar-refractivity contribution in [3.63, 3.8) is 0 Å². The third-order valence-corrected chi connectivity index (χ3v) is 8.51. The van der Waals surface area contributed by atoms with Gasteiger partial charge in [-0.05, 0) is 80.6 Å². The summed E-state index contributed by atoms with van der Waals surface area (Å²) in [6, 6.07) is 13.8. The highest BCUT2D eigenvalue weighted by Crippen LogP contribution is 2.44. The summed E-state index contributed by atoms with van der Waals surface area (Å²) in [7, 11) is 0. The van der Waals surface area contributed by atoms with Crippen molar-refractivity contribution in [2.24, 2.45) is 5.73 Å². The van der Waals surface area contributed by atoms with Crippen LogP contribution in [0.2, 0.25) is 0 Å². The normalized spacial score (nSPS) is 15.1. The second-order valence-electron chi connectivity index (χ2n) is 11.7. The summed E-state index contributed by atoms with van der Waals surface area (Å²) >= 11 is 0. The second kappa shape index (κ2) is 10.6. The molecule has 2 aromatic carbocycles. The molecule has 0 spiro atoms. The van der Waals surface area contributed by atoms with E-state index >= 15 is 0 Å². The molecule has 0 radical (unpaired) electrons. The molecule has 4 aromatic heterocycles. The second-order valence-corrected chi connectivity index (χ2v) is 11.7. The minimum absolute atomic E-state index is 0.110. The number of nitrogens with zero attached hydrogens (tertiary/aromatic N) is 5. The number of aromatic amines is 1. The highest BCUT2D eigenvalue weighted by molar-refractivity contribution is 6.07. The van der Waals surface area contributed by atoms with E-state index in [9.17, 15) is 8.78 Å². The molecule has 5 heterocycles. The van der Waals surface area contributed by atoms with Crippen LogP contribution in [0.25, 0.3) is 44.6 Å². The minimum Gasteiger partial charge on any atom is -0.370 e. The Labute approximate surface area is 248 Å². The molecule has 9 heteroatoms. The van der Waals surface area contributed by atoms with Crippen LogP contribution in [0.15, 0.2) is 67.1 Å². The van der Waals surface area contributed by atoms with Crippen LogP contribution in [-0.4, -0.2) is 43.6 Å². The molecular weight excluding hydrogens is 544 g/mol. The fourth-order valence-corrected chi connectivity index (χ4v) is 6.17. The number of aromatic nitrogens is 5. The van der Waals surface area contributed by atoms with Crippen LogP contribution in [0, 0.1) is 25.5 Å². The summed E-state index contributed by atoms with van der Waals surface area (Å²) in [5, 5.41) is 0.868. The fraction of sp³-hybridized carbons (Fsp3) is 0.265. The van der Waals surface area contributed by atoms with E-state index in [4.69, 9.17) is 20.7 Å². The molecule has 1 unspecified atom stereocenters. The third-order valence-electron chi connectivity index (χ3n) is 8.51. The molecule has 1 fully saturated rings. The van der Waals surface area contributed by atoms with Gasteiger partial charge in [-0.3, -0.25) is 4.98 Å². The number of rotatable bonds is 5. The van der Waals surface area contributed by atoms with Gasteiger partial charge >= 0.3 is 0 Å². The number of nitrogens with one attached hydrogen (secondary N) is 1. The smallest absolute Gasteiger partial charge is 0.143 e. The summed E-state index contributed by atoms with van der Waals surface area (Å²) in [6.45, 7) is 7.59. The van der Waals surface area contributed by atoms with Crippen LogP contribution in [0.5, 0.6) is 0 Å². The van der Waals surface area contributed by atoms with Crippen LogP contribution in [-0.2, 0) is 0 Å². The first-order valence-electron chi connectivity index (χ1n) is 14.6. The Morgan fingerprint density at radius 1 is 0.907 bits per heavy atom. The van der Waals surface area contributed by atoms with Crippen LogP contribution in [0.1, 0.15) is 42.6 Å². The Bertz CT molecular complexity index is 1950. The van der Waals surface area contributed by atoms with Crippen LogP contribution in [0.4, 0.5) is 14.5 Å². The number of aryl methyl sites for hydroxylation is 2. The number of benzene rings is 2. The maximum absolute atomic E-state index is 14.6. The highest BCUT2D eigenvalue weighted by Gasteiger charge is 2.28. The van der Waals surface area contributed by atoms with Gasteiger partial charge in [-0.1, -0.05) is 12.1 Å². The summed E-state index contributed by atoms with van der Waals surface area (Å²) in [5.41, 5.74) is 14.8. The number of halogens is 2. The standard InChI is InChI=1S/C34H33F2N7/c1-19-4-7-29-30(12-19)41-33(40-29)27-18-43(21(3)28-6-5-20(2)16-38-28)34-31(27)32(42-10-8-25(37)9-11-42)26(17-39-34)22-13-23(35)15-24(36)14-22/h4-7,12-18,21,25H,8-11,37H2,1-3H3,(H,40,41). The Kier molecular flexibility index (Phi) is 6.69. The number of anilines is 1. The average molecular weight is 578 g/mol. The van der Waals surface area contributed by atoms with E-state index in [-0.39, 0.29) is 12.1 Å². The first kappa shape index (κ1) is 27.2. The van der Waals surface area contributed by atoms with E-state index < -0.39 is 11.6 Å². The molecule has 3 N–H and O–H groups in total. The number of hydrogen-bond donors (Lipinski definition) is 2. The third kappa shape index (κ3) is 4.93. The van der Waals surface area contributed by atoms with Gasteiger partial charge in [0, 0.05) is 54.9 Å². The number of nitrogens with two attached hydrogens (primary N) is 1. The number of fused-ring (bicyclic) bond motifs is 2. The molecule has 0 aliphatic carbocycles. The molecule has 0 saturated carbocycles. The van der Waals surface area contributed by atoms with Crippen molar-refractivity contribution >= 4 is 27.8 Å². The zero-order chi connectivity index (χ0) is 29.8. The predicted octanol–water partition coefficient (Wildman–Crippen LogP) is 7.07. The SMILES string of the molecule is Cc1ccc(C(C)n2cc(-c3nc4ccc(C)cc4[nH]3)c3c(N4CCC(N)CC4)c(-c4cc(F)cc(F)c4)cnc32)nc1. The van der Waals surface area contributed by atoms with Gasteiger partial charge < -0.3 is 20.2 Å². The molecule has 0 amide bonds.